The Balaban J connectivity index is 1.39. The number of halogens is 4. The molecule has 0 saturated heterocycles. The summed E-state index contributed by atoms with van der Waals surface area (Å²) in [5.41, 5.74) is 3.12. The first kappa shape index (κ1) is 29.0. The van der Waals surface area contributed by atoms with Gasteiger partial charge in [0, 0.05) is 5.69 Å². The van der Waals surface area contributed by atoms with E-state index in [0.717, 1.165) is 14.7 Å². The van der Waals surface area contributed by atoms with Crippen molar-refractivity contribution >= 4 is 79.4 Å². The molecule has 4 aromatic carbocycles. The van der Waals surface area contributed by atoms with E-state index < -0.39 is 5.91 Å². The van der Waals surface area contributed by atoms with Gasteiger partial charge in [-0.2, -0.15) is 5.26 Å². The van der Waals surface area contributed by atoms with Gasteiger partial charge in [-0.15, -0.1) is 0 Å². The summed E-state index contributed by atoms with van der Waals surface area (Å²) >= 11 is 17.8. The molecule has 0 saturated carbocycles. The van der Waals surface area contributed by atoms with Crippen LogP contribution in [0, 0.1) is 14.9 Å². The molecule has 0 aromatic heterocycles. The zero-order chi connectivity index (χ0) is 27.8. The molecule has 1 N–H and O–H groups in total. The number of hydrogen-bond donors (Lipinski definition) is 1. The number of benzene rings is 4. The van der Waals surface area contributed by atoms with Crippen LogP contribution in [0.4, 0.5) is 5.69 Å². The predicted octanol–water partition coefficient (Wildman–Crippen LogP) is 9.06. The fourth-order valence-corrected chi connectivity index (χ4v) is 5.56. The van der Waals surface area contributed by atoms with Crippen LogP contribution < -0.4 is 14.8 Å². The molecular formula is C30H20BrCl2IN2O3. The minimum atomic E-state index is -0.512. The molecule has 0 fully saturated rings. The summed E-state index contributed by atoms with van der Waals surface area (Å²) in [4.78, 5) is 12.8. The topological polar surface area (TPSA) is 71.3 Å². The normalized spacial score (nSPS) is 11.0. The fraction of sp³-hybridized carbons (Fsp3) is 0.0667. The molecule has 0 aliphatic carbocycles. The molecule has 0 heterocycles. The maximum absolute atomic E-state index is 12.8. The summed E-state index contributed by atoms with van der Waals surface area (Å²) in [5.74, 6) is 0.798. The van der Waals surface area contributed by atoms with Gasteiger partial charge in [0.1, 0.15) is 36.4 Å². The van der Waals surface area contributed by atoms with Gasteiger partial charge in [-0.1, -0.05) is 59.6 Å². The molecule has 0 bridgehead atoms. The van der Waals surface area contributed by atoms with Crippen molar-refractivity contribution in [1.82, 2.24) is 0 Å². The van der Waals surface area contributed by atoms with Gasteiger partial charge in [0.25, 0.3) is 5.91 Å². The predicted molar refractivity (Wildman–Crippen MR) is 167 cm³/mol. The number of carbonyl (C=O) groups excluding carboxylic acids is 1. The van der Waals surface area contributed by atoms with E-state index in [9.17, 15) is 10.1 Å². The second kappa shape index (κ2) is 13.9. The molecule has 0 unspecified atom stereocenters. The van der Waals surface area contributed by atoms with Crippen LogP contribution in [0.5, 0.6) is 11.5 Å². The Morgan fingerprint density at radius 1 is 0.923 bits per heavy atom. The second-order valence-corrected chi connectivity index (χ2v) is 11.1. The highest BCUT2D eigenvalue weighted by Gasteiger charge is 2.13. The number of anilines is 1. The molecule has 0 atom stereocenters. The Morgan fingerprint density at radius 2 is 1.64 bits per heavy atom. The van der Waals surface area contributed by atoms with E-state index in [1.165, 1.54) is 6.08 Å². The van der Waals surface area contributed by atoms with Gasteiger partial charge in [-0.25, -0.2) is 0 Å². The number of rotatable bonds is 9. The Hall–Kier alpha value is -3.03. The van der Waals surface area contributed by atoms with Crippen LogP contribution in [0.25, 0.3) is 6.08 Å². The Morgan fingerprint density at radius 3 is 2.31 bits per heavy atom. The highest BCUT2D eigenvalue weighted by atomic mass is 127. The minimum absolute atomic E-state index is 0.0356. The molecule has 0 spiro atoms. The van der Waals surface area contributed by atoms with E-state index >= 15 is 0 Å². The molecule has 5 nitrogen and oxygen atoms in total. The molecule has 1 amide bonds. The van der Waals surface area contributed by atoms with Crippen molar-refractivity contribution < 1.29 is 14.3 Å². The maximum Gasteiger partial charge on any atom is 0.266 e. The quantitative estimate of drug-likeness (QED) is 0.106. The zero-order valence-electron chi connectivity index (χ0n) is 20.3. The Bertz CT molecular complexity index is 1530. The number of ether oxygens (including phenoxy) is 2. The average Bonchev–Trinajstić information content (AvgIpc) is 2.93. The van der Waals surface area contributed by atoms with E-state index in [1.54, 1.807) is 42.5 Å². The molecule has 9 heteroatoms. The molecule has 4 rings (SSSR count). The van der Waals surface area contributed by atoms with E-state index in [0.29, 0.717) is 50.5 Å². The van der Waals surface area contributed by atoms with Gasteiger partial charge in [-0.05, 0) is 110 Å². The molecule has 39 heavy (non-hydrogen) atoms. The Kier molecular flexibility index (Phi) is 10.3. The average molecular weight is 734 g/mol. The highest BCUT2D eigenvalue weighted by molar-refractivity contribution is 14.1. The van der Waals surface area contributed by atoms with Crippen molar-refractivity contribution in [2.45, 2.75) is 13.2 Å². The Labute approximate surface area is 258 Å². The third kappa shape index (κ3) is 8.23. The van der Waals surface area contributed by atoms with Crippen LogP contribution in [0.3, 0.4) is 0 Å². The first-order valence-electron chi connectivity index (χ1n) is 11.6. The molecule has 196 valence electrons. The molecule has 4 aromatic rings. The largest absolute Gasteiger partial charge is 0.489 e. The van der Waals surface area contributed by atoms with Crippen molar-refractivity contribution in [3.8, 4) is 17.6 Å². The minimum Gasteiger partial charge on any atom is -0.489 e. The van der Waals surface area contributed by atoms with Crippen LogP contribution in [0.1, 0.15) is 16.7 Å². The van der Waals surface area contributed by atoms with E-state index in [2.05, 4.69) is 43.8 Å². The lowest BCUT2D eigenvalue weighted by Gasteiger charge is -2.12. The van der Waals surface area contributed by atoms with Crippen molar-refractivity contribution in [2.24, 2.45) is 0 Å². The van der Waals surface area contributed by atoms with Gasteiger partial charge < -0.3 is 14.8 Å². The van der Waals surface area contributed by atoms with Gasteiger partial charge >= 0.3 is 0 Å². The van der Waals surface area contributed by atoms with Gasteiger partial charge in [0.15, 0.2) is 0 Å². The molecule has 0 aliphatic heterocycles. The summed E-state index contributed by atoms with van der Waals surface area (Å²) in [6.07, 6.45) is 1.53. The van der Waals surface area contributed by atoms with Crippen LogP contribution in [-0.2, 0) is 18.0 Å². The van der Waals surface area contributed by atoms with E-state index in [-0.39, 0.29) is 5.57 Å². The number of nitriles is 1. The van der Waals surface area contributed by atoms with Crippen molar-refractivity contribution in [3.63, 3.8) is 0 Å². The number of carbonyl (C=O) groups is 1. The second-order valence-electron chi connectivity index (χ2n) is 8.27. The van der Waals surface area contributed by atoms with Crippen molar-refractivity contribution in [1.29, 1.82) is 5.26 Å². The summed E-state index contributed by atoms with van der Waals surface area (Å²) in [6.45, 7) is 0.740. The number of nitrogens with one attached hydrogen (secondary N) is 1. The summed E-state index contributed by atoms with van der Waals surface area (Å²) in [7, 11) is 0. The maximum atomic E-state index is 12.8. The van der Waals surface area contributed by atoms with Crippen LogP contribution in [0.15, 0.2) is 95.0 Å². The SMILES string of the molecule is N#C/C(=C\c1cc(Br)c(OCc2ccc(Cl)c(Cl)c2)c(I)c1)C(=O)Nc1ccc(OCc2ccccc2)cc1. The number of nitrogens with zero attached hydrogens (tertiary/aromatic N) is 1. The molecule has 0 aliphatic rings. The van der Waals surface area contributed by atoms with E-state index in [1.807, 2.05) is 48.5 Å². The number of hydrogen-bond acceptors (Lipinski definition) is 4. The third-order valence-corrected chi connectivity index (χ3v) is 7.55. The van der Waals surface area contributed by atoms with Gasteiger partial charge in [0.05, 0.1) is 18.1 Å². The molecule has 0 radical (unpaired) electrons. The lowest BCUT2D eigenvalue weighted by atomic mass is 10.1. The first-order valence-corrected chi connectivity index (χ1v) is 14.2. The van der Waals surface area contributed by atoms with Gasteiger partial charge in [0.2, 0.25) is 0 Å². The van der Waals surface area contributed by atoms with Crippen LogP contribution in [-0.4, -0.2) is 5.91 Å². The van der Waals surface area contributed by atoms with Crippen LogP contribution >= 0.6 is 61.7 Å². The fourth-order valence-electron chi connectivity index (χ4n) is 3.47. The molecular weight excluding hydrogens is 714 g/mol. The lowest BCUT2D eigenvalue weighted by molar-refractivity contribution is -0.112. The van der Waals surface area contributed by atoms with Crippen molar-refractivity contribution in [3.05, 3.63) is 125 Å². The first-order chi connectivity index (χ1) is 18.8. The zero-order valence-corrected chi connectivity index (χ0v) is 25.5. The van der Waals surface area contributed by atoms with Crippen molar-refractivity contribution in [2.75, 3.05) is 5.32 Å². The van der Waals surface area contributed by atoms with Crippen LogP contribution in [0.2, 0.25) is 10.0 Å². The smallest absolute Gasteiger partial charge is 0.266 e. The monoisotopic (exact) mass is 732 g/mol. The number of amides is 1. The lowest BCUT2D eigenvalue weighted by Crippen LogP contribution is -2.13. The van der Waals surface area contributed by atoms with E-state index in [4.69, 9.17) is 32.7 Å². The van der Waals surface area contributed by atoms with Gasteiger partial charge in [-0.3, -0.25) is 4.79 Å². The summed E-state index contributed by atoms with van der Waals surface area (Å²) in [5, 5.41) is 13.3. The summed E-state index contributed by atoms with van der Waals surface area (Å²) < 4.78 is 13.3. The standard InChI is InChI=1S/C30H20BrCl2IN2O3/c31-25-13-21(15-28(34)29(25)39-18-20-6-11-26(32)27(33)14-20)12-22(16-35)30(37)36-23-7-9-24(10-8-23)38-17-19-4-2-1-3-5-19/h1-15H,17-18H2,(H,36,37)/b22-12+. The third-order valence-electron chi connectivity index (χ3n) is 5.42. The highest BCUT2D eigenvalue weighted by Crippen LogP contribution is 2.34. The summed E-state index contributed by atoms with van der Waals surface area (Å²) in [6, 6.07) is 27.8.